The van der Waals surface area contributed by atoms with Crippen LogP contribution in [-0.4, -0.2) is 44.0 Å². The van der Waals surface area contributed by atoms with Crippen LogP contribution in [0.2, 0.25) is 5.02 Å². The number of ether oxygens (including phenoxy) is 1. The third-order valence-corrected chi connectivity index (χ3v) is 8.24. The molecule has 1 aromatic heterocycles. The second-order valence-electron chi connectivity index (χ2n) is 8.36. The molecule has 0 bridgehead atoms. The van der Waals surface area contributed by atoms with Crippen LogP contribution in [0, 0.1) is 18.7 Å². The van der Waals surface area contributed by atoms with Crippen LogP contribution in [0.1, 0.15) is 29.9 Å². The Kier molecular flexibility index (Phi) is 7.77. The highest BCUT2D eigenvalue weighted by Gasteiger charge is 2.37. The van der Waals surface area contributed by atoms with E-state index in [1.807, 2.05) is 0 Å². The molecule has 1 fully saturated rings. The standard InChI is InChI=1S/C25H25ClFN3O5S/c1-16-24(23(35-29-16)11-9-17-6-3-4-8-21(17)27)36(32,33)30-13-5-7-18(15-30)25(31)28-19-10-12-22(34-2)20(26)14-19/h3-4,6,8-12,14,18H,5,7,13,15H2,1-2H3,(H,28,31). The molecule has 1 atom stereocenters. The molecule has 0 radical (unpaired) electrons. The van der Waals surface area contributed by atoms with Crippen molar-refractivity contribution in [3.05, 3.63) is 70.3 Å². The van der Waals surface area contributed by atoms with E-state index in [0.717, 1.165) is 0 Å². The molecule has 1 unspecified atom stereocenters. The molecule has 11 heteroatoms. The van der Waals surface area contributed by atoms with Gasteiger partial charge in [-0.15, -0.1) is 0 Å². The van der Waals surface area contributed by atoms with Gasteiger partial charge in [0, 0.05) is 24.3 Å². The van der Waals surface area contributed by atoms with Crippen molar-refractivity contribution < 1.29 is 26.9 Å². The first-order chi connectivity index (χ1) is 17.2. The number of benzene rings is 2. The number of nitrogens with zero attached hydrogens (tertiary/aromatic N) is 2. The summed E-state index contributed by atoms with van der Waals surface area (Å²) in [5.74, 6) is -0.842. The molecule has 2 heterocycles. The van der Waals surface area contributed by atoms with Crippen molar-refractivity contribution in [1.82, 2.24) is 9.46 Å². The van der Waals surface area contributed by atoms with Crippen molar-refractivity contribution in [2.24, 2.45) is 5.92 Å². The molecule has 4 rings (SSSR count). The molecule has 0 aliphatic carbocycles. The minimum atomic E-state index is -4.04. The highest BCUT2D eigenvalue weighted by atomic mass is 35.5. The molecule has 2 aromatic carbocycles. The maximum absolute atomic E-state index is 14.0. The van der Waals surface area contributed by atoms with Gasteiger partial charge in [0.1, 0.15) is 17.3 Å². The Morgan fingerprint density at radius 3 is 2.78 bits per heavy atom. The second kappa shape index (κ2) is 10.8. The maximum Gasteiger partial charge on any atom is 0.248 e. The number of halogens is 2. The van der Waals surface area contributed by atoms with E-state index in [1.165, 1.54) is 36.6 Å². The topological polar surface area (TPSA) is 102 Å². The summed E-state index contributed by atoms with van der Waals surface area (Å²) in [6.07, 6.45) is 3.85. The lowest BCUT2D eigenvalue weighted by Gasteiger charge is -2.31. The quantitative estimate of drug-likeness (QED) is 0.459. The highest BCUT2D eigenvalue weighted by molar-refractivity contribution is 7.89. The number of amides is 1. The summed E-state index contributed by atoms with van der Waals surface area (Å²) in [6.45, 7) is 1.78. The molecule has 1 amide bonds. The highest BCUT2D eigenvalue weighted by Crippen LogP contribution is 2.31. The van der Waals surface area contributed by atoms with Crippen molar-refractivity contribution in [3.63, 3.8) is 0 Å². The predicted molar refractivity (Wildman–Crippen MR) is 135 cm³/mol. The first kappa shape index (κ1) is 25.9. The number of anilines is 1. The van der Waals surface area contributed by atoms with Gasteiger partial charge >= 0.3 is 0 Å². The Balaban J connectivity index is 1.52. The molecule has 1 saturated heterocycles. The number of sulfonamides is 1. The van der Waals surface area contributed by atoms with Gasteiger partial charge in [0.2, 0.25) is 15.9 Å². The van der Waals surface area contributed by atoms with Crippen LogP contribution in [0.4, 0.5) is 10.1 Å². The van der Waals surface area contributed by atoms with E-state index in [0.29, 0.717) is 29.3 Å². The monoisotopic (exact) mass is 533 g/mol. The maximum atomic E-state index is 14.0. The fourth-order valence-corrected chi connectivity index (χ4v) is 6.10. The first-order valence-electron chi connectivity index (χ1n) is 11.2. The summed E-state index contributed by atoms with van der Waals surface area (Å²) in [5, 5.41) is 6.97. The summed E-state index contributed by atoms with van der Waals surface area (Å²) < 4.78 is 52.7. The van der Waals surface area contributed by atoms with E-state index in [-0.39, 0.29) is 40.9 Å². The molecule has 0 spiro atoms. The molecule has 8 nitrogen and oxygen atoms in total. The molecule has 190 valence electrons. The molecule has 0 saturated carbocycles. The van der Waals surface area contributed by atoms with Gasteiger partial charge in [0.15, 0.2) is 10.7 Å². The Bertz CT molecular complexity index is 1410. The Hall–Kier alpha value is -3.21. The van der Waals surface area contributed by atoms with Gasteiger partial charge < -0.3 is 14.6 Å². The molecule has 1 aliphatic heterocycles. The number of hydrogen-bond acceptors (Lipinski definition) is 6. The number of carbonyl (C=O) groups excluding carboxylic acids is 1. The normalized spacial score (nSPS) is 16.8. The van der Waals surface area contributed by atoms with Gasteiger partial charge in [-0.25, -0.2) is 12.8 Å². The van der Waals surface area contributed by atoms with E-state index < -0.39 is 21.8 Å². The summed E-state index contributed by atoms with van der Waals surface area (Å²) in [5.41, 5.74) is 0.951. The minimum absolute atomic E-state index is 0.000852. The van der Waals surface area contributed by atoms with Crippen LogP contribution >= 0.6 is 11.6 Å². The van der Waals surface area contributed by atoms with Crippen LogP contribution in [0.15, 0.2) is 51.9 Å². The average molecular weight is 534 g/mol. The van der Waals surface area contributed by atoms with E-state index in [1.54, 1.807) is 36.4 Å². The largest absolute Gasteiger partial charge is 0.495 e. The second-order valence-corrected chi connectivity index (χ2v) is 10.6. The van der Waals surface area contributed by atoms with Crippen LogP contribution < -0.4 is 10.1 Å². The SMILES string of the molecule is COc1ccc(NC(=O)C2CCCN(S(=O)(=O)c3c(C)noc3C=Cc3ccccc3F)C2)cc1Cl. The number of carbonyl (C=O) groups is 1. The Morgan fingerprint density at radius 2 is 2.06 bits per heavy atom. The van der Waals surface area contributed by atoms with E-state index in [2.05, 4.69) is 10.5 Å². The van der Waals surface area contributed by atoms with Crippen LogP contribution in [0.3, 0.4) is 0 Å². The number of piperidine rings is 1. The number of aryl methyl sites for hydroxylation is 1. The molecular weight excluding hydrogens is 509 g/mol. The van der Waals surface area contributed by atoms with E-state index >= 15 is 0 Å². The third-order valence-electron chi connectivity index (χ3n) is 5.92. The molecule has 1 aliphatic rings. The average Bonchev–Trinajstić information content (AvgIpc) is 3.24. The fraction of sp³-hybridized carbons (Fsp3) is 0.280. The zero-order valence-corrected chi connectivity index (χ0v) is 21.3. The van der Waals surface area contributed by atoms with Crippen molar-refractivity contribution >= 4 is 45.4 Å². The summed E-state index contributed by atoms with van der Waals surface area (Å²) in [6, 6.07) is 11.0. The summed E-state index contributed by atoms with van der Waals surface area (Å²) in [4.78, 5) is 12.8. The van der Waals surface area contributed by atoms with Gasteiger partial charge in [-0.05, 0) is 56.2 Å². The smallest absolute Gasteiger partial charge is 0.248 e. The summed E-state index contributed by atoms with van der Waals surface area (Å²) in [7, 11) is -2.54. The lowest BCUT2D eigenvalue weighted by Crippen LogP contribution is -2.43. The van der Waals surface area contributed by atoms with Crippen LogP contribution in [0.5, 0.6) is 5.75 Å². The minimum Gasteiger partial charge on any atom is -0.495 e. The van der Waals surface area contributed by atoms with Crippen molar-refractivity contribution in [3.8, 4) is 5.75 Å². The van der Waals surface area contributed by atoms with Crippen molar-refractivity contribution in [1.29, 1.82) is 0 Å². The van der Waals surface area contributed by atoms with Crippen LogP contribution in [0.25, 0.3) is 12.2 Å². The van der Waals surface area contributed by atoms with Gasteiger partial charge in [-0.1, -0.05) is 35.0 Å². The Labute approximate surface area is 213 Å². The van der Waals surface area contributed by atoms with Crippen molar-refractivity contribution in [2.45, 2.75) is 24.7 Å². The predicted octanol–water partition coefficient (Wildman–Crippen LogP) is 4.99. The fourth-order valence-electron chi connectivity index (χ4n) is 4.07. The van der Waals surface area contributed by atoms with Crippen molar-refractivity contribution in [2.75, 3.05) is 25.5 Å². The molecule has 36 heavy (non-hydrogen) atoms. The van der Waals surface area contributed by atoms with Crippen LogP contribution in [-0.2, 0) is 14.8 Å². The van der Waals surface area contributed by atoms with E-state index in [4.69, 9.17) is 20.9 Å². The number of hydrogen-bond donors (Lipinski definition) is 1. The number of methoxy groups -OCH3 is 1. The van der Waals surface area contributed by atoms with Gasteiger partial charge in [-0.2, -0.15) is 4.31 Å². The first-order valence-corrected chi connectivity index (χ1v) is 13.1. The zero-order valence-electron chi connectivity index (χ0n) is 19.7. The lowest BCUT2D eigenvalue weighted by molar-refractivity contribution is -0.120. The number of nitrogens with one attached hydrogen (secondary N) is 1. The summed E-state index contributed by atoms with van der Waals surface area (Å²) >= 11 is 6.14. The Morgan fingerprint density at radius 1 is 1.28 bits per heavy atom. The molecule has 1 N–H and O–H groups in total. The lowest BCUT2D eigenvalue weighted by atomic mass is 9.98. The van der Waals surface area contributed by atoms with E-state index in [9.17, 15) is 17.6 Å². The zero-order chi connectivity index (χ0) is 25.9. The number of aromatic nitrogens is 1. The molecule has 3 aromatic rings. The molecular formula is C25H25ClFN3O5S. The van der Waals surface area contributed by atoms with Gasteiger partial charge in [-0.3, -0.25) is 4.79 Å². The van der Waals surface area contributed by atoms with Gasteiger partial charge in [0.05, 0.1) is 18.1 Å². The number of rotatable bonds is 7. The third kappa shape index (κ3) is 5.45. The van der Waals surface area contributed by atoms with Gasteiger partial charge in [0.25, 0.3) is 0 Å².